The van der Waals surface area contributed by atoms with E-state index in [0.717, 1.165) is 64.2 Å². The number of hydrogen-bond acceptors (Lipinski definition) is 6. The van der Waals surface area contributed by atoms with Gasteiger partial charge in [0.05, 0.1) is 0 Å². The summed E-state index contributed by atoms with van der Waals surface area (Å²) < 4.78 is 16.8. The van der Waals surface area contributed by atoms with Crippen LogP contribution in [0.3, 0.4) is 0 Å². The van der Waals surface area contributed by atoms with Gasteiger partial charge in [-0.25, -0.2) is 0 Å². The topological polar surface area (TPSA) is 78.9 Å². The van der Waals surface area contributed by atoms with Crippen LogP contribution in [-0.2, 0) is 28.6 Å². The zero-order valence-electron chi connectivity index (χ0n) is 43.8. The highest BCUT2D eigenvalue weighted by Gasteiger charge is 2.19. The molecular formula is C59H110O6. The number of allylic oxidation sites excluding steroid dienone is 4. The molecule has 0 saturated carbocycles. The van der Waals surface area contributed by atoms with E-state index in [9.17, 15) is 14.4 Å². The summed E-state index contributed by atoms with van der Waals surface area (Å²) >= 11 is 0. The molecule has 0 rings (SSSR count). The predicted octanol–water partition coefficient (Wildman–Crippen LogP) is 19.1. The molecule has 1 unspecified atom stereocenters. The van der Waals surface area contributed by atoms with E-state index < -0.39 is 6.10 Å². The van der Waals surface area contributed by atoms with Crippen LogP contribution in [0.5, 0.6) is 0 Å². The Hall–Kier alpha value is -2.11. The van der Waals surface area contributed by atoms with Gasteiger partial charge >= 0.3 is 17.9 Å². The first-order valence-corrected chi connectivity index (χ1v) is 28.8. The van der Waals surface area contributed by atoms with E-state index in [2.05, 4.69) is 45.1 Å². The Bertz CT molecular complexity index is 1050. The molecule has 382 valence electrons. The van der Waals surface area contributed by atoms with Crippen LogP contribution in [0.25, 0.3) is 0 Å². The fourth-order valence-corrected chi connectivity index (χ4v) is 8.59. The van der Waals surface area contributed by atoms with Gasteiger partial charge in [0.1, 0.15) is 13.2 Å². The van der Waals surface area contributed by atoms with Crippen molar-refractivity contribution in [2.24, 2.45) is 0 Å². The molecule has 0 heterocycles. The molecule has 0 aliphatic carbocycles. The van der Waals surface area contributed by atoms with Crippen molar-refractivity contribution < 1.29 is 28.6 Å². The average Bonchev–Trinajstić information content (AvgIpc) is 3.30. The molecule has 6 heteroatoms. The molecule has 0 saturated heterocycles. The third kappa shape index (κ3) is 52.7. The second-order valence-corrected chi connectivity index (χ2v) is 19.6. The zero-order valence-corrected chi connectivity index (χ0v) is 43.8. The SMILES string of the molecule is CCCCCCC/C=C\C/C=C\CCCCCCCCCCCCCCCC(=O)OCC(COC(=O)CCCCCCCCCCCC)OC(=O)CCCCCCCCCCCCCC. The molecule has 0 spiro atoms. The van der Waals surface area contributed by atoms with E-state index in [1.165, 1.54) is 212 Å². The predicted molar refractivity (Wildman–Crippen MR) is 279 cm³/mol. The van der Waals surface area contributed by atoms with Crippen molar-refractivity contribution >= 4 is 17.9 Å². The number of unbranched alkanes of at least 4 members (excludes halogenated alkanes) is 38. The van der Waals surface area contributed by atoms with Crippen LogP contribution in [0.1, 0.15) is 316 Å². The van der Waals surface area contributed by atoms with Gasteiger partial charge in [-0.1, -0.05) is 270 Å². The number of carbonyl (C=O) groups is 3. The molecule has 1 atom stereocenters. The van der Waals surface area contributed by atoms with Crippen molar-refractivity contribution in [3.63, 3.8) is 0 Å². The summed E-state index contributed by atoms with van der Waals surface area (Å²) in [6.45, 7) is 6.65. The smallest absolute Gasteiger partial charge is 0.306 e. The Morgan fingerprint density at radius 1 is 0.308 bits per heavy atom. The van der Waals surface area contributed by atoms with Gasteiger partial charge in [0.15, 0.2) is 6.10 Å². The number of rotatable bonds is 53. The Morgan fingerprint density at radius 3 is 0.846 bits per heavy atom. The number of hydrogen-bond donors (Lipinski definition) is 0. The lowest BCUT2D eigenvalue weighted by atomic mass is 10.0. The highest BCUT2D eigenvalue weighted by Crippen LogP contribution is 2.17. The minimum Gasteiger partial charge on any atom is -0.462 e. The molecule has 0 fully saturated rings. The number of ether oxygens (including phenoxy) is 3. The van der Waals surface area contributed by atoms with E-state index >= 15 is 0 Å². The van der Waals surface area contributed by atoms with Crippen LogP contribution in [0.15, 0.2) is 24.3 Å². The van der Waals surface area contributed by atoms with Gasteiger partial charge in [-0.05, 0) is 51.4 Å². The standard InChI is InChI=1S/C59H110O6/c1-4-7-10-13-16-19-22-24-25-26-27-28-29-30-31-32-33-34-35-36-38-40-43-46-49-52-58(61)64-55-56(54-63-57(60)51-48-45-42-39-21-18-15-12-9-6-3)65-59(62)53-50-47-44-41-37-23-20-17-14-11-8-5-2/h22,24,26-27,56H,4-21,23,25,28-55H2,1-3H3/b24-22-,27-26-. The first-order valence-electron chi connectivity index (χ1n) is 28.8. The summed E-state index contributed by atoms with van der Waals surface area (Å²) in [7, 11) is 0. The average molecular weight is 916 g/mol. The highest BCUT2D eigenvalue weighted by atomic mass is 16.6. The molecule has 0 radical (unpaired) electrons. The fraction of sp³-hybridized carbons (Fsp3) is 0.881. The van der Waals surface area contributed by atoms with E-state index in [1.54, 1.807) is 0 Å². The molecule has 0 aromatic rings. The lowest BCUT2D eigenvalue weighted by Gasteiger charge is -2.18. The summed E-state index contributed by atoms with van der Waals surface area (Å²) in [5.41, 5.74) is 0. The molecule has 0 aromatic heterocycles. The van der Waals surface area contributed by atoms with Crippen molar-refractivity contribution in [2.45, 2.75) is 322 Å². The second-order valence-electron chi connectivity index (χ2n) is 19.6. The third-order valence-corrected chi connectivity index (χ3v) is 13.0. The van der Waals surface area contributed by atoms with Crippen LogP contribution in [0.2, 0.25) is 0 Å². The second kappa shape index (κ2) is 54.5. The van der Waals surface area contributed by atoms with Crippen LogP contribution in [0, 0.1) is 0 Å². The van der Waals surface area contributed by atoms with Gasteiger partial charge in [-0.3, -0.25) is 14.4 Å². The first kappa shape index (κ1) is 62.9. The molecule has 0 aromatic carbocycles. The lowest BCUT2D eigenvalue weighted by molar-refractivity contribution is -0.167. The number of esters is 3. The summed E-state index contributed by atoms with van der Waals surface area (Å²) in [6.07, 6.45) is 63.2. The minimum atomic E-state index is -0.764. The molecular weight excluding hydrogens is 805 g/mol. The zero-order chi connectivity index (χ0) is 47.2. The van der Waals surface area contributed by atoms with Crippen LogP contribution < -0.4 is 0 Å². The van der Waals surface area contributed by atoms with Gasteiger partial charge in [0.25, 0.3) is 0 Å². The Morgan fingerprint density at radius 2 is 0.554 bits per heavy atom. The minimum absolute atomic E-state index is 0.0658. The largest absolute Gasteiger partial charge is 0.462 e. The van der Waals surface area contributed by atoms with E-state index in [0.29, 0.717) is 19.3 Å². The summed E-state index contributed by atoms with van der Waals surface area (Å²) in [5, 5.41) is 0. The third-order valence-electron chi connectivity index (χ3n) is 13.0. The molecule has 6 nitrogen and oxygen atoms in total. The normalized spacial score (nSPS) is 12.1. The maximum Gasteiger partial charge on any atom is 0.306 e. The van der Waals surface area contributed by atoms with Crippen LogP contribution >= 0.6 is 0 Å². The van der Waals surface area contributed by atoms with Crippen LogP contribution in [0.4, 0.5) is 0 Å². The summed E-state index contributed by atoms with van der Waals surface area (Å²) in [4.78, 5) is 38.0. The lowest BCUT2D eigenvalue weighted by Crippen LogP contribution is -2.30. The van der Waals surface area contributed by atoms with E-state index in [4.69, 9.17) is 14.2 Å². The van der Waals surface area contributed by atoms with Gasteiger partial charge in [0, 0.05) is 19.3 Å². The summed E-state index contributed by atoms with van der Waals surface area (Å²) in [6, 6.07) is 0. The van der Waals surface area contributed by atoms with Crippen molar-refractivity contribution in [3.8, 4) is 0 Å². The van der Waals surface area contributed by atoms with Gasteiger partial charge < -0.3 is 14.2 Å². The number of carbonyl (C=O) groups excluding carboxylic acids is 3. The quantitative estimate of drug-likeness (QED) is 0.0262. The first-order chi connectivity index (χ1) is 32.0. The van der Waals surface area contributed by atoms with Crippen molar-refractivity contribution in [2.75, 3.05) is 13.2 Å². The molecule has 0 N–H and O–H groups in total. The molecule has 0 amide bonds. The molecule has 0 bridgehead atoms. The monoisotopic (exact) mass is 915 g/mol. The van der Waals surface area contributed by atoms with Crippen molar-refractivity contribution in [3.05, 3.63) is 24.3 Å². The van der Waals surface area contributed by atoms with Gasteiger partial charge in [0.2, 0.25) is 0 Å². The molecule has 0 aliphatic heterocycles. The molecule has 0 aliphatic rings. The van der Waals surface area contributed by atoms with Crippen molar-refractivity contribution in [1.29, 1.82) is 0 Å². The van der Waals surface area contributed by atoms with E-state index in [-0.39, 0.29) is 31.1 Å². The Labute approximate surface area is 404 Å². The fourth-order valence-electron chi connectivity index (χ4n) is 8.59. The van der Waals surface area contributed by atoms with E-state index in [1.807, 2.05) is 0 Å². The highest BCUT2D eigenvalue weighted by molar-refractivity contribution is 5.71. The maximum atomic E-state index is 12.8. The van der Waals surface area contributed by atoms with Gasteiger partial charge in [-0.2, -0.15) is 0 Å². The summed E-state index contributed by atoms with van der Waals surface area (Å²) in [5.74, 6) is -0.850. The van der Waals surface area contributed by atoms with Gasteiger partial charge in [-0.15, -0.1) is 0 Å². The Kier molecular flexibility index (Phi) is 52.7. The maximum absolute atomic E-state index is 12.8. The Balaban J connectivity index is 4.14. The molecule has 65 heavy (non-hydrogen) atoms. The van der Waals surface area contributed by atoms with Crippen molar-refractivity contribution in [1.82, 2.24) is 0 Å². The van der Waals surface area contributed by atoms with Crippen LogP contribution in [-0.4, -0.2) is 37.2 Å².